The molecule has 27 heavy (non-hydrogen) atoms. The van der Waals surface area contributed by atoms with Crippen molar-refractivity contribution in [3.63, 3.8) is 0 Å². The van der Waals surface area contributed by atoms with Crippen molar-refractivity contribution in [1.29, 1.82) is 0 Å². The monoisotopic (exact) mass is 364 g/mol. The van der Waals surface area contributed by atoms with E-state index in [0.29, 0.717) is 23.1 Å². The van der Waals surface area contributed by atoms with Crippen LogP contribution in [0.1, 0.15) is 0 Å². The van der Waals surface area contributed by atoms with Crippen molar-refractivity contribution >= 4 is 11.6 Å². The Labute approximate surface area is 152 Å². The molecule has 1 aromatic carbocycles. The zero-order valence-corrected chi connectivity index (χ0v) is 13.9. The van der Waals surface area contributed by atoms with Gasteiger partial charge in [0.1, 0.15) is 18.1 Å². The van der Waals surface area contributed by atoms with E-state index in [2.05, 4.69) is 25.4 Å². The van der Waals surface area contributed by atoms with Crippen LogP contribution in [0.3, 0.4) is 0 Å². The smallest absolute Gasteiger partial charge is 0.258 e. The summed E-state index contributed by atoms with van der Waals surface area (Å²) >= 11 is 0. The molecule has 8 nitrogen and oxygen atoms in total. The predicted octanol–water partition coefficient (Wildman–Crippen LogP) is 2.77. The summed E-state index contributed by atoms with van der Waals surface area (Å²) in [7, 11) is 0. The minimum absolute atomic E-state index is 0.0125. The van der Waals surface area contributed by atoms with Crippen LogP contribution < -0.4 is 5.32 Å². The van der Waals surface area contributed by atoms with E-state index in [1.807, 2.05) is 0 Å². The summed E-state index contributed by atoms with van der Waals surface area (Å²) in [4.78, 5) is 24.5. The molecule has 3 heterocycles. The lowest BCUT2D eigenvalue weighted by atomic mass is 10.3. The molecule has 4 aromatic rings. The first kappa shape index (κ1) is 16.6. The highest BCUT2D eigenvalue weighted by molar-refractivity contribution is 5.90. The highest BCUT2D eigenvalue weighted by Gasteiger charge is 2.13. The number of hydrogen-bond acceptors (Lipinski definition) is 6. The van der Waals surface area contributed by atoms with Gasteiger partial charge in [-0.25, -0.2) is 9.37 Å². The fraction of sp³-hybridized carbons (Fsp3) is 0.0556. The zero-order chi connectivity index (χ0) is 18.6. The van der Waals surface area contributed by atoms with Crippen LogP contribution in [0.15, 0.2) is 65.8 Å². The number of hydrogen-bond donors (Lipinski definition) is 1. The average Bonchev–Trinajstić information content (AvgIpc) is 3.32. The Bertz CT molecular complexity index is 1080. The van der Waals surface area contributed by atoms with E-state index in [1.165, 1.54) is 24.5 Å². The maximum Gasteiger partial charge on any atom is 0.258 e. The third kappa shape index (κ3) is 3.87. The van der Waals surface area contributed by atoms with Gasteiger partial charge < -0.3 is 14.4 Å². The van der Waals surface area contributed by atoms with Crippen molar-refractivity contribution in [1.82, 2.24) is 24.7 Å². The van der Waals surface area contributed by atoms with Gasteiger partial charge in [-0.05, 0) is 30.3 Å². The Morgan fingerprint density at radius 2 is 2.07 bits per heavy atom. The van der Waals surface area contributed by atoms with Gasteiger partial charge in [0.25, 0.3) is 5.89 Å². The molecule has 3 aromatic heterocycles. The fourth-order valence-corrected chi connectivity index (χ4v) is 2.43. The minimum Gasteiger partial charge on any atom is -0.334 e. The van der Waals surface area contributed by atoms with Crippen LogP contribution in [-0.2, 0) is 11.3 Å². The highest BCUT2D eigenvalue weighted by Crippen LogP contribution is 2.20. The summed E-state index contributed by atoms with van der Waals surface area (Å²) in [6, 6.07) is 9.20. The van der Waals surface area contributed by atoms with Crippen LogP contribution in [0, 0.1) is 5.82 Å². The van der Waals surface area contributed by atoms with Crippen molar-refractivity contribution in [2.24, 2.45) is 0 Å². The molecule has 0 unspecified atom stereocenters. The molecular formula is C18H13FN6O2. The molecule has 0 fully saturated rings. The van der Waals surface area contributed by atoms with Gasteiger partial charge in [0.15, 0.2) is 0 Å². The Morgan fingerprint density at radius 3 is 2.89 bits per heavy atom. The molecule has 9 heteroatoms. The van der Waals surface area contributed by atoms with Crippen molar-refractivity contribution < 1.29 is 13.7 Å². The molecule has 0 aliphatic rings. The second-order valence-corrected chi connectivity index (χ2v) is 5.65. The number of anilines is 1. The van der Waals surface area contributed by atoms with E-state index in [1.54, 1.807) is 41.4 Å². The molecule has 4 rings (SSSR count). The fourth-order valence-electron chi connectivity index (χ4n) is 2.43. The quantitative estimate of drug-likeness (QED) is 0.585. The van der Waals surface area contributed by atoms with Gasteiger partial charge >= 0.3 is 0 Å². The van der Waals surface area contributed by atoms with Gasteiger partial charge in [-0.15, -0.1) is 0 Å². The van der Waals surface area contributed by atoms with Crippen molar-refractivity contribution in [2.75, 3.05) is 5.32 Å². The Balaban J connectivity index is 1.44. The number of halogens is 1. The van der Waals surface area contributed by atoms with E-state index in [9.17, 15) is 9.18 Å². The Hall–Kier alpha value is -3.88. The van der Waals surface area contributed by atoms with Crippen molar-refractivity contribution in [2.45, 2.75) is 6.54 Å². The summed E-state index contributed by atoms with van der Waals surface area (Å²) in [6.45, 7) is 0.0125. The van der Waals surface area contributed by atoms with Crippen LogP contribution in [0.5, 0.6) is 0 Å². The minimum atomic E-state index is -0.417. The first-order valence-corrected chi connectivity index (χ1v) is 7.99. The van der Waals surface area contributed by atoms with Crippen LogP contribution in [0.4, 0.5) is 10.1 Å². The first-order valence-electron chi connectivity index (χ1n) is 7.99. The van der Waals surface area contributed by atoms with Crippen molar-refractivity contribution in [3.8, 4) is 23.0 Å². The SMILES string of the molecule is O=C(Cn1cnc(-c2noc(-c3ccncc3)n2)c1)Nc1cccc(F)c1. The Kier molecular flexibility index (Phi) is 4.40. The van der Waals surface area contributed by atoms with Crippen LogP contribution >= 0.6 is 0 Å². The van der Waals surface area contributed by atoms with E-state index in [-0.39, 0.29) is 12.5 Å². The number of pyridine rings is 1. The van der Waals surface area contributed by atoms with Gasteiger partial charge in [0.05, 0.1) is 6.33 Å². The van der Waals surface area contributed by atoms with Gasteiger partial charge in [-0.2, -0.15) is 4.98 Å². The van der Waals surface area contributed by atoms with E-state index < -0.39 is 5.82 Å². The van der Waals surface area contributed by atoms with Gasteiger partial charge in [-0.1, -0.05) is 11.2 Å². The molecule has 0 bridgehead atoms. The molecule has 1 amide bonds. The third-order valence-electron chi connectivity index (χ3n) is 3.65. The summed E-state index contributed by atoms with van der Waals surface area (Å²) < 4.78 is 20.0. The number of rotatable bonds is 5. The standard InChI is InChI=1S/C18H13FN6O2/c19-13-2-1-3-14(8-13)22-16(26)10-25-9-15(21-11-25)17-23-18(27-24-17)12-4-6-20-7-5-12/h1-9,11H,10H2,(H,22,26). The molecule has 0 aliphatic carbocycles. The number of carbonyl (C=O) groups excluding carboxylic acids is 1. The lowest BCUT2D eigenvalue weighted by molar-refractivity contribution is -0.116. The first-order chi connectivity index (χ1) is 13.2. The van der Waals surface area contributed by atoms with Crippen LogP contribution in [0.25, 0.3) is 23.0 Å². The van der Waals surface area contributed by atoms with E-state index in [0.717, 1.165) is 5.56 Å². The lowest BCUT2D eigenvalue weighted by Gasteiger charge is -2.05. The summed E-state index contributed by atoms with van der Waals surface area (Å²) in [5.41, 5.74) is 1.61. The van der Waals surface area contributed by atoms with E-state index >= 15 is 0 Å². The number of amides is 1. The maximum absolute atomic E-state index is 13.2. The van der Waals surface area contributed by atoms with Gasteiger partial charge in [-0.3, -0.25) is 9.78 Å². The molecule has 0 atom stereocenters. The third-order valence-corrected chi connectivity index (χ3v) is 3.65. The maximum atomic E-state index is 13.2. The number of nitrogens with zero attached hydrogens (tertiary/aromatic N) is 5. The Morgan fingerprint density at radius 1 is 1.22 bits per heavy atom. The topological polar surface area (TPSA) is 98.7 Å². The predicted molar refractivity (Wildman–Crippen MR) is 93.8 cm³/mol. The number of nitrogens with one attached hydrogen (secondary N) is 1. The normalized spacial score (nSPS) is 10.7. The molecule has 1 N–H and O–H groups in total. The highest BCUT2D eigenvalue weighted by atomic mass is 19.1. The van der Waals surface area contributed by atoms with Crippen LogP contribution in [-0.4, -0.2) is 30.6 Å². The van der Waals surface area contributed by atoms with Gasteiger partial charge in [0.2, 0.25) is 11.7 Å². The zero-order valence-electron chi connectivity index (χ0n) is 13.9. The summed E-state index contributed by atoms with van der Waals surface area (Å²) in [5.74, 6) is -0.0631. The van der Waals surface area contributed by atoms with Crippen LogP contribution in [0.2, 0.25) is 0 Å². The number of aromatic nitrogens is 5. The molecule has 0 radical (unpaired) electrons. The summed E-state index contributed by atoms with van der Waals surface area (Å²) in [6.07, 6.45) is 6.38. The average molecular weight is 364 g/mol. The summed E-state index contributed by atoms with van der Waals surface area (Å²) in [5, 5.41) is 6.53. The molecule has 0 spiro atoms. The van der Waals surface area contributed by atoms with Gasteiger partial charge in [0, 0.05) is 29.8 Å². The largest absolute Gasteiger partial charge is 0.334 e. The molecule has 0 saturated carbocycles. The number of benzene rings is 1. The lowest BCUT2D eigenvalue weighted by Crippen LogP contribution is -2.17. The molecule has 0 saturated heterocycles. The molecule has 0 aliphatic heterocycles. The second-order valence-electron chi connectivity index (χ2n) is 5.65. The second kappa shape index (κ2) is 7.16. The van der Waals surface area contributed by atoms with E-state index in [4.69, 9.17) is 4.52 Å². The number of carbonyl (C=O) groups is 1. The molecule has 134 valence electrons. The number of imidazole rings is 1. The van der Waals surface area contributed by atoms with Crippen molar-refractivity contribution in [3.05, 3.63) is 67.1 Å². The molecular weight excluding hydrogens is 351 g/mol.